The molecule has 0 saturated heterocycles. The van der Waals surface area contributed by atoms with Gasteiger partial charge in [-0.25, -0.2) is 0 Å². The molecule has 1 N–H and O–H groups in total. The van der Waals surface area contributed by atoms with Gasteiger partial charge in [0.2, 0.25) is 0 Å². The molecule has 0 amide bonds. The maximum Gasteiger partial charge on any atom is 0.0925 e. The quantitative estimate of drug-likeness (QED) is 0.701. The maximum absolute atomic E-state index is 9.41. The third-order valence-corrected chi connectivity index (χ3v) is 2.35. The van der Waals surface area contributed by atoms with Crippen LogP contribution < -0.4 is 0 Å². The average Bonchev–Trinajstić information content (AvgIpc) is 2.08. The Hall–Kier alpha value is -0.530. The predicted molar refractivity (Wildman–Crippen MR) is 51.6 cm³/mol. The summed E-state index contributed by atoms with van der Waals surface area (Å²) < 4.78 is 0. The highest BCUT2D eigenvalue weighted by molar-refractivity contribution is 6.18. The van der Waals surface area contributed by atoms with Gasteiger partial charge >= 0.3 is 0 Å². The summed E-state index contributed by atoms with van der Waals surface area (Å²) in [4.78, 5) is 0. The van der Waals surface area contributed by atoms with Gasteiger partial charge in [-0.1, -0.05) is 18.2 Å². The van der Waals surface area contributed by atoms with Crippen LogP contribution in [0.1, 0.15) is 22.8 Å². The largest absolute Gasteiger partial charge is 0.387 e. The van der Waals surface area contributed by atoms with Crippen molar-refractivity contribution >= 4 is 11.6 Å². The molecule has 2 heteroatoms. The first-order valence-corrected chi connectivity index (χ1v) is 4.49. The smallest absolute Gasteiger partial charge is 0.0925 e. The second-order valence-electron chi connectivity index (χ2n) is 3.01. The molecule has 1 unspecified atom stereocenters. The van der Waals surface area contributed by atoms with E-state index in [0.717, 1.165) is 5.56 Å². The fourth-order valence-electron chi connectivity index (χ4n) is 1.06. The van der Waals surface area contributed by atoms with E-state index in [9.17, 15) is 5.11 Å². The summed E-state index contributed by atoms with van der Waals surface area (Å²) in [6.07, 6.45) is -0.536. The third kappa shape index (κ3) is 1.99. The van der Waals surface area contributed by atoms with Crippen molar-refractivity contribution in [3.63, 3.8) is 0 Å². The zero-order valence-electron chi connectivity index (χ0n) is 7.34. The van der Waals surface area contributed by atoms with E-state index in [1.54, 1.807) is 0 Å². The van der Waals surface area contributed by atoms with Gasteiger partial charge in [-0.2, -0.15) is 0 Å². The van der Waals surface area contributed by atoms with Crippen LogP contribution in [0.2, 0.25) is 0 Å². The minimum Gasteiger partial charge on any atom is -0.387 e. The summed E-state index contributed by atoms with van der Waals surface area (Å²) in [5, 5.41) is 9.41. The van der Waals surface area contributed by atoms with E-state index in [-0.39, 0.29) is 5.88 Å². The van der Waals surface area contributed by atoms with Gasteiger partial charge < -0.3 is 5.11 Å². The Balaban J connectivity index is 2.96. The van der Waals surface area contributed by atoms with E-state index in [4.69, 9.17) is 11.6 Å². The summed E-state index contributed by atoms with van der Waals surface area (Å²) in [5.41, 5.74) is 3.32. The first kappa shape index (κ1) is 9.56. The van der Waals surface area contributed by atoms with Crippen LogP contribution in [0.3, 0.4) is 0 Å². The normalized spacial score (nSPS) is 13.0. The van der Waals surface area contributed by atoms with Gasteiger partial charge in [0, 0.05) is 0 Å². The lowest BCUT2D eigenvalue weighted by Crippen LogP contribution is -1.99. The van der Waals surface area contributed by atoms with Crippen molar-refractivity contribution < 1.29 is 5.11 Å². The molecule has 0 aliphatic carbocycles. The van der Waals surface area contributed by atoms with Crippen molar-refractivity contribution in [1.29, 1.82) is 0 Å². The molecule has 1 rings (SSSR count). The highest BCUT2D eigenvalue weighted by Gasteiger charge is 2.05. The number of benzene rings is 1. The summed E-state index contributed by atoms with van der Waals surface area (Å²) in [5.74, 6) is 0.252. The van der Waals surface area contributed by atoms with Crippen molar-refractivity contribution in [3.8, 4) is 0 Å². The van der Waals surface area contributed by atoms with Crippen LogP contribution in [0.25, 0.3) is 0 Å². The van der Waals surface area contributed by atoms with Gasteiger partial charge in [-0.05, 0) is 30.5 Å². The fourth-order valence-corrected chi connectivity index (χ4v) is 1.24. The van der Waals surface area contributed by atoms with Gasteiger partial charge in [0.05, 0.1) is 12.0 Å². The lowest BCUT2D eigenvalue weighted by molar-refractivity contribution is 0.202. The third-order valence-electron chi connectivity index (χ3n) is 2.06. The van der Waals surface area contributed by atoms with Gasteiger partial charge in [0.25, 0.3) is 0 Å². The average molecular weight is 185 g/mol. The molecule has 66 valence electrons. The highest BCUT2D eigenvalue weighted by atomic mass is 35.5. The van der Waals surface area contributed by atoms with Crippen molar-refractivity contribution in [2.45, 2.75) is 20.0 Å². The fraction of sp³-hybridized carbons (Fsp3) is 0.400. The second kappa shape index (κ2) is 3.92. The molecule has 0 fully saturated rings. The first-order chi connectivity index (χ1) is 5.65. The Labute approximate surface area is 78.0 Å². The van der Waals surface area contributed by atoms with Gasteiger partial charge in [-0.15, -0.1) is 11.6 Å². The van der Waals surface area contributed by atoms with Crippen molar-refractivity contribution in [2.24, 2.45) is 0 Å². The van der Waals surface area contributed by atoms with Crippen LogP contribution in [0.15, 0.2) is 18.2 Å². The predicted octanol–water partition coefficient (Wildman–Crippen LogP) is 2.58. The van der Waals surface area contributed by atoms with E-state index in [1.165, 1.54) is 11.1 Å². The SMILES string of the molecule is Cc1ccc(C(O)CCl)cc1C. The lowest BCUT2D eigenvalue weighted by Gasteiger charge is -2.08. The van der Waals surface area contributed by atoms with Crippen LogP contribution in [0, 0.1) is 13.8 Å². The second-order valence-corrected chi connectivity index (χ2v) is 3.32. The topological polar surface area (TPSA) is 20.2 Å². The Kier molecular flexibility index (Phi) is 3.12. The molecule has 1 atom stereocenters. The van der Waals surface area contributed by atoms with Gasteiger partial charge in [0.1, 0.15) is 0 Å². The number of aliphatic hydroxyl groups excluding tert-OH is 1. The zero-order valence-corrected chi connectivity index (χ0v) is 8.10. The molecule has 1 aromatic rings. The number of hydrogen-bond donors (Lipinski definition) is 1. The highest BCUT2D eigenvalue weighted by Crippen LogP contribution is 2.17. The van der Waals surface area contributed by atoms with Gasteiger partial charge in [-0.3, -0.25) is 0 Å². The van der Waals surface area contributed by atoms with E-state index in [2.05, 4.69) is 0 Å². The number of alkyl halides is 1. The van der Waals surface area contributed by atoms with Crippen LogP contribution in [-0.2, 0) is 0 Å². The Morgan fingerprint density at radius 1 is 1.33 bits per heavy atom. The minimum atomic E-state index is -0.536. The monoisotopic (exact) mass is 184 g/mol. The molecule has 0 aromatic heterocycles. The maximum atomic E-state index is 9.41. The number of aryl methyl sites for hydroxylation is 2. The summed E-state index contributed by atoms with van der Waals surface area (Å²) in [6, 6.07) is 5.89. The van der Waals surface area contributed by atoms with E-state index in [0.29, 0.717) is 0 Å². The lowest BCUT2D eigenvalue weighted by atomic mass is 10.0. The molecule has 0 spiro atoms. The van der Waals surface area contributed by atoms with Crippen molar-refractivity contribution in [2.75, 3.05) is 5.88 Å². The zero-order chi connectivity index (χ0) is 9.14. The number of hydrogen-bond acceptors (Lipinski definition) is 1. The van der Waals surface area contributed by atoms with Crippen LogP contribution in [0.5, 0.6) is 0 Å². The van der Waals surface area contributed by atoms with E-state index >= 15 is 0 Å². The Morgan fingerprint density at radius 3 is 2.50 bits per heavy atom. The molecule has 0 heterocycles. The van der Waals surface area contributed by atoms with Crippen LogP contribution >= 0.6 is 11.6 Å². The molecule has 1 aromatic carbocycles. The summed E-state index contributed by atoms with van der Waals surface area (Å²) in [6.45, 7) is 4.08. The van der Waals surface area contributed by atoms with Crippen LogP contribution in [-0.4, -0.2) is 11.0 Å². The van der Waals surface area contributed by atoms with E-state index in [1.807, 2.05) is 32.0 Å². The molecule has 0 bridgehead atoms. The number of aliphatic hydroxyl groups is 1. The Morgan fingerprint density at radius 2 is 2.00 bits per heavy atom. The summed E-state index contributed by atoms with van der Waals surface area (Å²) >= 11 is 5.53. The number of rotatable bonds is 2. The molecule has 0 saturated carbocycles. The van der Waals surface area contributed by atoms with Crippen molar-refractivity contribution in [1.82, 2.24) is 0 Å². The Bertz CT molecular complexity index is 271. The van der Waals surface area contributed by atoms with Crippen molar-refractivity contribution in [3.05, 3.63) is 34.9 Å². The van der Waals surface area contributed by atoms with Gasteiger partial charge in [0.15, 0.2) is 0 Å². The molecule has 12 heavy (non-hydrogen) atoms. The first-order valence-electron chi connectivity index (χ1n) is 3.96. The molecular weight excluding hydrogens is 172 g/mol. The molecule has 1 nitrogen and oxygen atoms in total. The number of halogens is 1. The van der Waals surface area contributed by atoms with Crippen LogP contribution in [0.4, 0.5) is 0 Å². The molecular formula is C10H13ClO. The molecule has 0 aliphatic rings. The standard InChI is InChI=1S/C10H13ClO/c1-7-3-4-9(5-8(7)2)10(12)6-11/h3-5,10,12H,6H2,1-2H3. The summed E-state index contributed by atoms with van der Waals surface area (Å²) in [7, 11) is 0. The molecule has 0 aliphatic heterocycles. The minimum absolute atomic E-state index is 0.252. The molecule has 0 radical (unpaired) electrons. The van der Waals surface area contributed by atoms with E-state index < -0.39 is 6.10 Å².